The van der Waals surface area contributed by atoms with Crippen LogP contribution in [0.25, 0.3) is 10.2 Å². The molecule has 7 heteroatoms. The second kappa shape index (κ2) is 9.14. The average Bonchev–Trinajstić information content (AvgIpc) is 2.98. The molecule has 6 nitrogen and oxygen atoms in total. The van der Waals surface area contributed by atoms with Gasteiger partial charge in [0.2, 0.25) is 5.91 Å². The van der Waals surface area contributed by atoms with Gasteiger partial charge in [0.15, 0.2) is 0 Å². The van der Waals surface area contributed by atoms with E-state index >= 15 is 0 Å². The number of thiazole rings is 1. The number of rotatable bonds is 9. The Morgan fingerprint density at radius 1 is 1.41 bits per heavy atom. The summed E-state index contributed by atoms with van der Waals surface area (Å²) in [5.41, 5.74) is 1.30. The molecule has 0 spiro atoms. The van der Waals surface area contributed by atoms with E-state index in [0.29, 0.717) is 10.6 Å². The van der Waals surface area contributed by atoms with Crippen LogP contribution < -0.4 is 10.1 Å². The number of hydrogen-bond donors (Lipinski definition) is 2. The first kappa shape index (κ1) is 20.4. The van der Waals surface area contributed by atoms with Crippen molar-refractivity contribution in [2.75, 3.05) is 6.54 Å². The third-order valence-electron chi connectivity index (χ3n) is 3.43. The summed E-state index contributed by atoms with van der Waals surface area (Å²) in [4.78, 5) is 27.5. The largest absolute Gasteiger partial charge is 0.491 e. The summed E-state index contributed by atoms with van der Waals surface area (Å²) in [6.45, 7) is 11.2. The fourth-order valence-corrected chi connectivity index (χ4v) is 3.21. The Labute approximate surface area is 161 Å². The van der Waals surface area contributed by atoms with Gasteiger partial charge in [-0.15, -0.1) is 11.3 Å². The number of carboxylic acid groups (broad SMARTS) is 1. The van der Waals surface area contributed by atoms with Crippen LogP contribution >= 0.6 is 11.3 Å². The Kier molecular flexibility index (Phi) is 6.90. The zero-order valence-electron chi connectivity index (χ0n) is 15.3. The first-order chi connectivity index (χ1) is 12.8. The molecule has 1 heterocycles. The van der Waals surface area contributed by atoms with Crippen molar-refractivity contribution in [2.45, 2.75) is 26.4 Å². The lowest BCUT2D eigenvalue weighted by Gasteiger charge is -2.08. The molecule has 142 valence electrons. The Hall–Kier alpha value is -2.93. The Balaban J connectivity index is 1.96. The van der Waals surface area contributed by atoms with Gasteiger partial charge < -0.3 is 15.2 Å². The monoisotopic (exact) mass is 386 g/mol. The molecule has 0 saturated carbocycles. The molecule has 0 saturated heterocycles. The minimum absolute atomic E-state index is 0.0276. The van der Waals surface area contributed by atoms with E-state index < -0.39 is 5.97 Å². The first-order valence-electron chi connectivity index (χ1n) is 8.36. The zero-order chi connectivity index (χ0) is 20.0. The van der Waals surface area contributed by atoms with Crippen LogP contribution in [0.15, 0.2) is 54.7 Å². The Bertz CT molecular complexity index is 912. The number of carbonyl (C=O) groups excluding carboxylic acids is 1. The van der Waals surface area contributed by atoms with Gasteiger partial charge in [-0.3, -0.25) is 4.79 Å². The van der Waals surface area contributed by atoms with Crippen molar-refractivity contribution in [1.29, 1.82) is 0 Å². The Morgan fingerprint density at radius 2 is 2.15 bits per heavy atom. The van der Waals surface area contributed by atoms with Crippen LogP contribution in [0.3, 0.4) is 0 Å². The first-order valence-corrected chi connectivity index (χ1v) is 9.18. The lowest BCUT2D eigenvalue weighted by Crippen LogP contribution is -2.26. The molecule has 0 aliphatic rings. The van der Waals surface area contributed by atoms with Crippen LogP contribution in [0.5, 0.6) is 5.75 Å². The topological polar surface area (TPSA) is 88.5 Å². The van der Waals surface area contributed by atoms with E-state index in [0.717, 1.165) is 16.0 Å². The van der Waals surface area contributed by atoms with Crippen molar-refractivity contribution in [3.8, 4) is 5.75 Å². The molecule has 0 bridgehead atoms. The second-order valence-corrected chi connectivity index (χ2v) is 7.24. The normalized spacial score (nSPS) is 11.4. The summed E-state index contributed by atoms with van der Waals surface area (Å²) in [5, 5.41) is 12.4. The molecule has 1 amide bonds. The fraction of sp³-hybridized carbons (Fsp3) is 0.250. The standard InChI is InChI=1S/C20H22N2O4S/c1-5-14(20(24)25)8-13(4)11-21-18(23)10-19-22-16-9-15(26-12(2)3)6-7-17(16)27-19/h5-9,12H,1,4,10-11H2,2-3H3,(H,21,23)(H,24,25)/b14-8+. The molecule has 0 radical (unpaired) electrons. The maximum Gasteiger partial charge on any atom is 0.335 e. The van der Waals surface area contributed by atoms with Crippen molar-refractivity contribution in [2.24, 2.45) is 0 Å². The molecule has 0 atom stereocenters. The lowest BCUT2D eigenvalue weighted by atomic mass is 10.1. The van der Waals surface area contributed by atoms with Crippen LogP contribution in [0.4, 0.5) is 0 Å². The van der Waals surface area contributed by atoms with E-state index in [1.807, 2.05) is 32.0 Å². The van der Waals surface area contributed by atoms with Gasteiger partial charge in [-0.05, 0) is 37.6 Å². The number of nitrogens with zero attached hydrogens (tertiary/aromatic N) is 1. The molecule has 2 aromatic rings. The molecule has 2 rings (SSSR count). The molecule has 0 unspecified atom stereocenters. The van der Waals surface area contributed by atoms with E-state index in [2.05, 4.69) is 23.5 Å². The summed E-state index contributed by atoms with van der Waals surface area (Å²) in [7, 11) is 0. The number of amides is 1. The van der Waals surface area contributed by atoms with E-state index in [1.165, 1.54) is 23.5 Å². The molecule has 0 aliphatic heterocycles. The molecule has 0 aliphatic carbocycles. The lowest BCUT2D eigenvalue weighted by molar-refractivity contribution is -0.132. The van der Waals surface area contributed by atoms with Crippen molar-refractivity contribution >= 4 is 33.4 Å². The number of carbonyl (C=O) groups is 2. The highest BCUT2D eigenvalue weighted by Crippen LogP contribution is 2.26. The quantitative estimate of drug-likeness (QED) is 0.509. The minimum atomic E-state index is -1.09. The van der Waals surface area contributed by atoms with Crippen molar-refractivity contribution < 1.29 is 19.4 Å². The van der Waals surface area contributed by atoms with Gasteiger partial charge in [-0.1, -0.05) is 19.2 Å². The number of hydrogen-bond acceptors (Lipinski definition) is 5. The van der Waals surface area contributed by atoms with Crippen molar-refractivity contribution in [3.05, 3.63) is 59.7 Å². The highest BCUT2D eigenvalue weighted by molar-refractivity contribution is 7.18. The fourth-order valence-electron chi connectivity index (χ4n) is 2.27. The third kappa shape index (κ3) is 6.07. The van der Waals surface area contributed by atoms with Crippen molar-refractivity contribution in [1.82, 2.24) is 10.3 Å². The third-order valence-corrected chi connectivity index (χ3v) is 4.46. The molecular weight excluding hydrogens is 364 g/mol. The van der Waals surface area contributed by atoms with Gasteiger partial charge in [0.05, 0.1) is 28.3 Å². The molecule has 1 aromatic heterocycles. The summed E-state index contributed by atoms with van der Waals surface area (Å²) < 4.78 is 6.64. The summed E-state index contributed by atoms with van der Waals surface area (Å²) in [5.74, 6) is -0.552. The van der Waals surface area contributed by atoms with Gasteiger partial charge in [-0.25, -0.2) is 9.78 Å². The highest BCUT2D eigenvalue weighted by atomic mass is 32.1. The van der Waals surface area contributed by atoms with E-state index in [1.54, 1.807) is 0 Å². The zero-order valence-corrected chi connectivity index (χ0v) is 16.1. The van der Waals surface area contributed by atoms with Gasteiger partial charge in [-0.2, -0.15) is 0 Å². The maximum atomic E-state index is 12.1. The molecular formula is C20H22N2O4S. The Morgan fingerprint density at radius 3 is 2.78 bits per heavy atom. The van der Waals surface area contributed by atoms with Crippen LogP contribution in [0, 0.1) is 0 Å². The van der Waals surface area contributed by atoms with Crippen LogP contribution in [-0.4, -0.2) is 34.6 Å². The predicted molar refractivity (Wildman–Crippen MR) is 107 cm³/mol. The smallest absolute Gasteiger partial charge is 0.335 e. The average molecular weight is 386 g/mol. The van der Waals surface area contributed by atoms with E-state index in [9.17, 15) is 9.59 Å². The predicted octanol–water partition coefficient (Wildman–Crippen LogP) is 3.50. The summed E-state index contributed by atoms with van der Waals surface area (Å²) in [6.07, 6.45) is 2.83. The summed E-state index contributed by atoms with van der Waals surface area (Å²) in [6, 6.07) is 5.68. The van der Waals surface area contributed by atoms with Gasteiger partial charge in [0.1, 0.15) is 10.8 Å². The number of aromatic nitrogens is 1. The minimum Gasteiger partial charge on any atom is -0.491 e. The number of carboxylic acids is 1. The van der Waals surface area contributed by atoms with Crippen molar-refractivity contribution in [3.63, 3.8) is 0 Å². The number of nitrogens with one attached hydrogen (secondary N) is 1. The van der Waals surface area contributed by atoms with Gasteiger partial charge in [0, 0.05) is 12.6 Å². The highest BCUT2D eigenvalue weighted by Gasteiger charge is 2.11. The van der Waals surface area contributed by atoms with Gasteiger partial charge >= 0.3 is 5.97 Å². The van der Waals surface area contributed by atoms with Crippen LogP contribution in [-0.2, 0) is 16.0 Å². The summed E-state index contributed by atoms with van der Waals surface area (Å²) >= 11 is 1.45. The molecule has 1 aromatic carbocycles. The second-order valence-electron chi connectivity index (χ2n) is 6.12. The number of aliphatic carboxylic acids is 1. The molecule has 2 N–H and O–H groups in total. The number of fused-ring (bicyclic) bond motifs is 1. The number of ether oxygens (including phenoxy) is 1. The molecule has 0 fully saturated rings. The van der Waals surface area contributed by atoms with E-state index in [4.69, 9.17) is 9.84 Å². The SMILES string of the molecule is C=C/C(=C\C(=C)CNC(=O)Cc1nc2cc(OC(C)C)ccc2s1)C(=O)O. The van der Waals surface area contributed by atoms with E-state index in [-0.39, 0.29) is 30.5 Å². The maximum absolute atomic E-state index is 12.1. The molecule has 27 heavy (non-hydrogen) atoms. The number of benzene rings is 1. The van der Waals surface area contributed by atoms with Gasteiger partial charge in [0.25, 0.3) is 0 Å². The van der Waals surface area contributed by atoms with Crippen LogP contribution in [0.1, 0.15) is 18.9 Å². The van der Waals surface area contributed by atoms with Crippen LogP contribution in [0.2, 0.25) is 0 Å².